The summed E-state index contributed by atoms with van der Waals surface area (Å²) >= 11 is 0. The smallest absolute Gasteiger partial charge is 0.207 e. The summed E-state index contributed by atoms with van der Waals surface area (Å²) in [7, 11) is 0. The Morgan fingerprint density at radius 3 is 2.58 bits per heavy atom. The topological polar surface area (TPSA) is 29.1 Å². The number of amides is 1. The van der Waals surface area contributed by atoms with Crippen molar-refractivity contribution in [3.8, 4) is 0 Å². The van der Waals surface area contributed by atoms with Crippen LogP contribution in [0.3, 0.4) is 0 Å². The molecule has 2 nitrogen and oxygen atoms in total. The van der Waals surface area contributed by atoms with E-state index in [0.29, 0.717) is 13.0 Å². The molecule has 64 valence electrons. The van der Waals surface area contributed by atoms with Crippen LogP contribution in [-0.4, -0.2) is 13.0 Å². The molecule has 0 bridgehead atoms. The number of nitrogens with one attached hydrogen (secondary N) is 1. The van der Waals surface area contributed by atoms with E-state index in [0.717, 1.165) is 5.57 Å². The van der Waals surface area contributed by atoms with Gasteiger partial charge in [-0.05, 0) is 5.57 Å². The van der Waals surface area contributed by atoms with Gasteiger partial charge in [-0.25, -0.2) is 0 Å². The minimum atomic E-state index is 0.514. The summed E-state index contributed by atoms with van der Waals surface area (Å²) < 4.78 is 0. The lowest BCUT2D eigenvalue weighted by molar-refractivity contribution is -0.109. The van der Waals surface area contributed by atoms with Crippen molar-refractivity contribution >= 4 is 6.41 Å². The van der Waals surface area contributed by atoms with Gasteiger partial charge in [0.25, 0.3) is 0 Å². The van der Waals surface area contributed by atoms with Gasteiger partial charge in [-0.1, -0.05) is 43.5 Å². The maximum atomic E-state index is 9.98. The highest BCUT2D eigenvalue weighted by Crippen LogP contribution is 1.95. The number of carbonyl (C=O) groups excluding carboxylic acids is 1. The molecule has 0 saturated heterocycles. The number of hydrogen-bond donors (Lipinski definition) is 1. The van der Waals surface area contributed by atoms with Crippen molar-refractivity contribution in [2.75, 3.05) is 6.54 Å². The monoisotopic (exact) mass is 163 g/mol. The van der Waals surface area contributed by atoms with Gasteiger partial charge in [-0.3, -0.25) is 4.79 Å². The normalized spacial score (nSPS) is 11.2. The second kappa shape index (κ2) is 7.54. The van der Waals surface area contributed by atoms with E-state index in [2.05, 4.69) is 18.5 Å². The lowest BCUT2D eigenvalue weighted by Gasteiger charge is -1.97. The number of carbonyl (C=O) groups is 1. The van der Waals surface area contributed by atoms with E-state index in [4.69, 9.17) is 0 Å². The highest BCUT2D eigenvalue weighted by molar-refractivity contribution is 5.47. The minimum Gasteiger partial charge on any atom is -0.355 e. The molecule has 0 spiro atoms. The predicted octanol–water partition coefficient (Wildman–Crippen LogP) is 1.59. The summed E-state index contributed by atoms with van der Waals surface area (Å²) in [4.78, 5) is 9.98. The van der Waals surface area contributed by atoms with E-state index >= 15 is 0 Å². The zero-order chi connectivity index (χ0) is 9.23. The first-order valence-electron chi connectivity index (χ1n) is 3.63. The van der Waals surface area contributed by atoms with Gasteiger partial charge >= 0.3 is 0 Å². The Balaban J connectivity index is 4.12. The van der Waals surface area contributed by atoms with Crippen LogP contribution >= 0.6 is 0 Å². The van der Waals surface area contributed by atoms with Crippen LogP contribution in [0.25, 0.3) is 0 Å². The fourth-order valence-corrected chi connectivity index (χ4v) is 0.676. The van der Waals surface area contributed by atoms with Crippen molar-refractivity contribution < 1.29 is 4.79 Å². The Morgan fingerprint density at radius 2 is 2.08 bits per heavy atom. The van der Waals surface area contributed by atoms with Crippen LogP contribution < -0.4 is 5.32 Å². The molecule has 0 radical (unpaired) electrons. The molecule has 0 unspecified atom stereocenters. The third-order valence-electron chi connectivity index (χ3n) is 1.17. The molecule has 0 aliphatic rings. The third-order valence-corrected chi connectivity index (χ3v) is 1.17. The Labute approximate surface area is 73.0 Å². The summed E-state index contributed by atoms with van der Waals surface area (Å²) in [5.41, 5.74) is 0.983. The van der Waals surface area contributed by atoms with Crippen molar-refractivity contribution in [1.82, 2.24) is 5.32 Å². The van der Waals surface area contributed by atoms with Crippen molar-refractivity contribution in [3.63, 3.8) is 0 Å². The molecule has 0 aliphatic heterocycles. The van der Waals surface area contributed by atoms with Crippen LogP contribution in [0.1, 0.15) is 0 Å². The summed E-state index contributed by atoms with van der Waals surface area (Å²) in [6.07, 6.45) is 9.52. The maximum Gasteiger partial charge on any atom is 0.207 e. The van der Waals surface area contributed by atoms with Crippen LogP contribution in [0.15, 0.2) is 49.1 Å². The lowest BCUT2D eigenvalue weighted by atomic mass is 10.2. The third kappa shape index (κ3) is 5.23. The van der Waals surface area contributed by atoms with E-state index in [1.165, 1.54) is 0 Å². The van der Waals surface area contributed by atoms with E-state index in [1.807, 2.05) is 18.2 Å². The molecule has 0 atom stereocenters. The quantitative estimate of drug-likeness (QED) is 0.467. The van der Waals surface area contributed by atoms with Crippen LogP contribution in [0.5, 0.6) is 0 Å². The lowest BCUT2D eigenvalue weighted by Crippen LogP contribution is -2.13. The molecular formula is C10H13NO. The molecule has 12 heavy (non-hydrogen) atoms. The first-order valence-corrected chi connectivity index (χ1v) is 3.63. The fourth-order valence-electron chi connectivity index (χ4n) is 0.676. The molecule has 2 heteroatoms. The van der Waals surface area contributed by atoms with Crippen LogP contribution in [-0.2, 0) is 4.79 Å². The highest BCUT2D eigenvalue weighted by Gasteiger charge is 1.87. The van der Waals surface area contributed by atoms with E-state index in [9.17, 15) is 4.79 Å². The standard InChI is InChI=1S/C10H13NO/c1-3-5-7-10(6-4-2)8-11-9-12/h3-7,9H,1-2,8H2,(H,11,12)/b7-5-,10-6+. The molecule has 0 aromatic carbocycles. The Kier molecular flexibility index (Phi) is 6.55. The Bertz CT molecular complexity index is 214. The SMILES string of the molecule is C=C/C=C\C(=C/C=C)CNC=O. The summed E-state index contributed by atoms with van der Waals surface area (Å²) in [5, 5.41) is 2.56. The molecule has 0 rings (SSSR count). The maximum absolute atomic E-state index is 9.98. The van der Waals surface area contributed by atoms with Crippen molar-refractivity contribution in [2.24, 2.45) is 0 Å². The Morgan fingerprint density at radius 1 is 1.33 bits per heavy atom. The van der Waals surface area contributed by atoms with E-state index in [-0.39, 0.29) is 0 Å². The summed E-state index contributed by atoms with van der Waals surface area (Å²) in [5.74, 6) is 0. The van der Waals surface area contributed by atoms with Crippen molar-refractivity contribution in [2.45, 2.75) is 0 Å². The summed E-state index contributed by atoms with van der Waals surface area (Å²) in [6, 6.07) is 0. The zero-order valence-electron chi connectivity index (χ0n) is 6.99. The molecule has 0 aromatic rings. The van der Waals surface area contributed by atoms with Gasteiger partial charge in [0.1, 0.15) is 0 Å². The van der Waals surface area contributed by atoms with Crippen LogP contribution in [0.2, 0.25) is 0 Å². The van der Waals surface area contributed by atoms with E-state index < -0.39 is 0 Å². The Hall–Kier alpha value is -1.57. The minimum absolute atomic E-state index is 0.514. The first-order chi connectivity index (χ1) is 5.85. The highest BCUT2D eigenvalue weighted by atomic mass is 16.1. The van der Waals surface area contributed by atoms with Crippen molar-refractivity contribution in [1.29, 1.82) is 0 Å². The van der Waals surface area contributed by atoms with Gasteiger partial charge in [0.15, 0.2) is 0 Å². The molecule has 1 N–H and O–H groups in total. The van der Waals surface area contributed by atoms with Crippen LogP contribution in [0.4, 0.5) is 0 Å². The average Bonchev–Trinajstić information content (AvgIpc) is 2.10. The van der Waals surface area contributed by atoms with Crippen molar-refractivity contribution in [3.05, 3.63) is 49.1 Å². The molecule has 0 heterocycles. The number of hydrogen-bond acceptors (Lipinski definition) is 1. The van der Waals surface area contributed by atoms with Crippen LogP contribution in [0, 0.1) is 0 Å². The molecule has 1 amide bonds. The van der Waals surface area contributed by atoms with Gasteiger partial charge < -0.3 is 5.32 Å². The largest absolute Gasteiger partial charge is 0.355 e. The summed E-state index contributed by atoms with van der Waals surface area (Å²) in [6.45, 7) is 7.62. The van der Waals surface area contributed by atoms with Gasteiger partial charge in [0, 0.05) is 6.54 Å². The van der Waals surface area contributed by atoms with Gasteiger partial charge in [0.05, 0.1) is 0 Å². The predicted molar refractivity (Wildman–Crippen MR) is 51.7 cm³/mol. The van der Waals surface area contributed by atoms with Gasteiger partial charge in [-0.2, -0.15) is 0 Å². The molecule has 0 aliphatic carbocycles. The molecule has 0 fully saturated rings. The molecule has 0 aromatic heterocycles. The molecular weight excluding hydrogens is 150 g/mol. The fraction of sp³-hybridized carbons (Fsp3) is 0.100. The second-order valence-corrected chi connectivity index (χ2v) is 2.07. The number of allylic oxidation sites excluding steroid dienone is 4. The first kappa shape index (κ1) is 10.4. The number of rotatable bonds is 6. The van der Waals surface area contributed by atoms with E-state index in [1.54, 1.807) is 12.2 Å². The van der Waals surface area contributed by atoms with Gasteiger partial charge in [-0.15, -0.1) is 0 Å². The zero-order valence-corrected chi connectivity index (χ0v) is 6.99. The van der Waals surface area contributed by atoms with Gasteiger partial charge in [0.2, 0.25) is 6.41 Å². The molecule has 0 saturated carbocycles. The average molecular weight is 163 g/mol. The second-order valence-electron chi connectivity index (χ2n) is 2.07.